The van der Waals surface area contributed by atoms with Gasteiger partial charge in [-0.25, -0.2) is 0 Å². The summed E-state index contributed by atoms with van der Waals surface area (Å²) in [6.45, 7) is 0.753. The van der Waals surface area contributed by atoms with Crippen LogP contribution in [0.5, 0.6) is 0 Å². The first kappa shape index (κ1) is 15.3. The monoisotopic (exact) mass is 319 g/mol. The van der Waals surface area contributed by atoms with Crippen LogP contribution in [0.3, 0.4) is 0 Å². The van der Waals surface area contributed by atoms with Gasteiger partial charge in [0.2, 0.25) is 0 Å². The molecular formula is C17H21NO3S. The molecule has 118 valence electrons. The zero-order valence-corrected chi connectivity index (χ0v) is 13.6. The zero-order valence-electron chi connectivity index (χ0n) is 12.8. The van der Waals surface area contributed by atoms with E-state index in [4.69, 9.17) is 8.83 Å². The third-order valence-corrected chi connectivity index (χ3v) is 4.62. The molecule has 1 aliphatic rings. The van der Waals surface area contributed by atoms with Crippen molar-refractivity contribution in [1.29, 1.82) is 0 Å². The molecule has 0 bridgehead atoms. The summed E-state index contributed by atoms with van der Waals surface area (Å²) in [5, 5.41) is 0. The van der Waals surface area contributed by atoms with E-state index in [1.54, 1.807) is 24.1 Å². The van der Waals surface area contributed by atoms with E-state index in [1.807, 2.05) is 29.4 Å². The zero-order chi connectivity index (χ0) is 15.4. The van der Waals surface area contributed by atoms with Gasteiger partial charge >= 0.3 is 0 Å². The second-order valence-electron chi connectivity index (χ2n) is 5.58. The largest absolute Gasteiger partial charge is 0.467 e. The molecule has 0 aromatic carbocycles. The predicted octanol–water partition coefficient (Wildman–Crippen LogP) is 4.49. The van der Waals surface area contributed by atoms with E-state index in [0.717, 1.165) is 49.5 Å². The number of amides is 1. The predicted molar refractivity (Wildman–Crippen MR) is 86.9 cm³/mol. The van der Waals surface area contributed by atoms with Gasteiger partial charge in [0, 0.05) is 6.54 Å². The third kappa shape index (κ3) is 3.24. The minimum atomic E-state index is -0.0318. The summed E-state index contributed by atoms with van der Waals surface area (Å²) >= 11 is 1.68. The minimum Gasteiger partial charge on any atom is -0.467 e. The summed E-state index contributed by atoms with van der Waals surface area (Å²) < 4.78 is 11.3. The van der Waals surface area contributed by atoms with Crippen molar-refractivity contribution >= 4 is 17.7 Å². The van der Waals surface area contributed by atoms with Gasteiger partial charge in [-0.05, 0) is 43.4 Å². The molecule has 22 heavy (non-hydrogen) atoms. The lowest BCUT2D eigenvalue weighted by atomic mass is 10.1. The number of likely N-dealkylation sites (tertiary alicyclic amines) is 1. The Morgan fingerprint density at radius 1 is 1.32 bits per heavy atom. The van der Waals surface area contributed by atoms with E-state index < -0.39 is 0 Å². The van der Waals surface area contributed by atoms with E-state index in [1.165, 1.54) is 0 Å². The molecule has 2 aromatic rings. The average molecular weight is 319 g/mol. The summed E-state index contributed by atoms with van der Waals surface area (Å²) in [7, 11) is 0. The highest BCUT2D eigenvalue weighted by molar-refractivity contribution is 7.97. The van der Waals surface area contributed by atoms with Crippen LogP contribution in [0.4, 0.5) is 0 Å². The number of furan rings is 2. The van der Waals surface area contributed by atoms with Crippen LogP contribution in [0.15, 0.2) is 39.4 Å². The summed E-state index contributed by atoms with van der Waals surface area (Å²) in [6.07, 6.45) is 7.93. The fraction of sp³-hybridized carbons (Fsp3) is 0.471. The fourth-order valence-corrected chi connectivity index (χ4v) is 3.42. The summed E-state index contributed by atoms with van der Waals surface area (Å²) in [5.41, 5.74) is 0. The average Bonchev–Trinajstić information content (AvgIpc) is 3.15. The summed E-state index contributed by atoms with van der Waals surface area (Å²) in [6, 6.07) is 7.53. The van der Waals surface area contributed by atoms with Crippen LogP contribution in [-0.4, -0.2) is 23.6 Å². The van der Waals surface area contributed by atoms with E-state index in [0.29, 0.717) is 5.76 Å². The Morgan fingerprint density at radius 3 is 3.00 bits per heavy atom. The van der Waals surface area contributed by atoms with Gasteiger partial charge in [-0.3, -0.25) is 4.79 Å². The van der Waals surface area contributed by atoms with E-state index in [9.17, 15) is 4.79 Å². The third-order valence-electron chi connectivity index (χ3n) is 4.04. The second-order valence-corrected chi connectivity index (χ2v) is 6.44. The minimum absolute atomic E-state index is 0.0131. The van der Waals surface area contributed by atoms with Gasteiger partial charge < -0.3 is 13.7 Å². The molecule has 2 aromatic heterocycles. The smallest absolute Gasteiger partial charge is 0.290 e. The first-order valence-corrected chi connectivity index (χ1v) is 9.11. The molecule has 3 heterocycles. The first-order chi connectivity index (χ1) is 10.8. The van der Waals surface area contributed by atoms with Crippen molar-refractivity contribution in [1.82, 2.24) is 4.90 Å². The van der Waals surface area contributed by atoms with Crippen molar-refractivity contribution in [3.8, 4) is 0 Å². The van der Waals surface area contributed by atoms with Crippen molar-refractivity contribution in [3.63, 3.8) is 0 Å². The van der Waals surface area contributed by atoms with Crippen LogP contribution in [-0.2, 0) is 5.75 Å². The maximum Gasteiger partial charge on any atom is 0.290 e. The Balaban J connectivity index is 1.83. The molecule has 1 saturated heterocycles. The quantitative estimate of drug-likeness (QED) is 0.833. The van der Waals surface area contributed by atoms with Gasteiger partial charge in [0.15, 0.2) is 5.76 Å². The molecule has 0 radical (unpaired) electrons. The fourth-order valence-electron chi connectivity index (χ4n) is 2.98. The highest BCUT2D eigenvalue weighted by atomic mass is 32.2. The number of hydrogen-bond acceptors (Lipinski definition) is 4. The molecule has 0 unspecified atom stereocenters. The maximum atomic E-state index is 12.9. The van der Waals surface area contributed by atoms with Crippen LogP contribution in [0.2, 0.25) is 0 Å². The molecule has 1 fully saturated rings. The van der Waals surface area contributed by atoms with Crippen LogP contribution >= 0.6 is 11.8 Å². The van der Waals surface area contributed by atoms with Crippen LogP contribution in [0, 0.1) is 0 Å². The lowest BCUT2D eigenvalue weighted by molar-refractivity contribution is 0.0624. The number of hydrogen-bond donors (Lipinski definition) is 0. The van der Waals surface area contributed by atoms with Crippen molar-refractivity contribution < 1.29 is 13.6 Å². The number of rotatable bonds is 4. The van der Waals surface area contributed by atoms with Gasteiger partial charge in [-0.1, -0.05) is 12.8 Å². The molecule has 3 rings (SSSR count). The topological polar surface area (TPSA) is 46.6 Å². The highest BCUT2D eigenvalue weighted by Crippen LogP contribution is 2.32. The van der Waals surface area contributed by atoms with Crippen molar-refractivity contribution in [2.75, 3.05) is 12.8 Å². The number of nitrogens with zero attached hydrogens (tertiary/aromatic N) is 1. The SMILES string of the molecule is CSCc1ccc(C(=O)N2CCCCC[C@@H]2c2ccco2)o1. The molecule has 5 heteroatoms. The van der Waals surface area contributed by atoms with E-state index in [-0.39, 0.29) is 11.9 Å². The molecule has 0 aliphatic carbocycles. The Morgan fingerprint density at radius 2 is 2.23 bits per heavy atom. The van der Waals surface area contributed by atoms with Crippen molar-refractivity contribution in [3.05, 3.63) is 47.8 Å². The second kappa shape index (κ2) is 7.09. The molecular weight excluding hydrogens is 298 g/mol. The Kier molecular flexibility index (Phi) is 4.93. The molecule has 1 aliphatic heterocycles. The van der Waals surface area contributed by atoms with Crippen molar-refractivity contribution in [2.45, 2.75) is 37.5 Å². The van der Waals surface area contributed by atoms with Crippen LogP contribution in [0.25, 0.3) is 0 Å². The van der Waals surface area contributed by atoms with Gasteiger partial charge in [0.1, 0.15) is 11.5 Å². The van der Waals surface area contributed by atoms with Crippen molar-refractivity contribution in [2.24, 2.45) is 0 Å². The standard InChI is InChI=1S/C17H21NO3S/c1-22-12-13-8-9-16(21-13)17(19)18-10-4-2-3-6-14(18)15-7-5-11-20-15/h5,7-9,11,14H,2-4,6,10,12H2,1H3/t14-/m1/s1. The highest BCUT2D eigenvalue weighted by Gasteiger charge is 2.30. The maximum absolute atomic E-state index is 12.9. The van der Waals surface area contributed by atoms with Gasteiger partial charge in [-0.2, -0.15) is 11.8 Å². The Bertz CT molecular complexity index is 605. The van der Waals surface area contributed by atoms with Gasteiger partial charge in [0.05, 0.1) is 18.1 Å². The molecule has 0 saturated carbocycles. The van der Waals surface area contributed by atoms with Gasteiger partial charge in [-0.15, -0.1) is 0 Å². The van der Waals surface area contributed by atoms with Crippen LogP contribution < -0.4 is 0 Å². The molecule has 1 amide bonds. The molecule has 0 spiro atoms. The molecule has 1 atom stereocenters. The number of thioether (sulfide) groups is 1. The first-order valence-electron chi connectivity index (χ1n) is 7.71. The Hall–Kier alpha value is -1.62. The number of carbonyl (C=O) groups is 1. The lowest BCUT2D eigenvalue weighted by Gasteiger charge is -2.27. The molecule has 0 N–H and O–H groups in total. The lowest BCUT2D eigenvalue weighted by Crippen LogP contribution is -2.34. The normalized spacial score (nSPS) is 19.1. The van der Waals surface area contributed by atoms with E-state index >= 15 is 0 Å². The Labute approximate surface area is 134 Å². The summed E-state index contributed by atoms with van der Waals surface area (Å²) in [4.78, 5) is 14.8. The molecule has 4 nitrogen and oxygen atoms in total. The van der Waals surface area contributed by atoms with E-state index in [2.05, 4.69) is 0 Å². The van der Waals surface area contributed by atoms with Gasteiger partial charge in [0.25, 0.3) is 5.91 Å². The number of carbonyl (C=O) groups excluding carboxylic acids is 1. The van der Waals surface area contributed by atoms with Crippen LogP contribution in [0.1, 0.15) is 53.8 Å². The summed E-state index contributed by atoms with van der Waals surface area (Å²) in [5.74, 6) is 2.90.